The summed E-state index contributed by atoms with van der Waals surface area (Å²) in [6.07, 6.45) is 3.45. The fourth-order valence-corrected chi connectivity index (χ4v) is 2.17. The van der Waals surface area contributed by atoms with E-state index < -0.39 is 0 Å². The first kappa shape index (κ1) is 13.1. The van der Waals surface area contributed by atoms with Gasteiger partial charge in [0.2, 0.25) is 5.91 Å². The summed E-state index contributed by atoms with van der Waals surface area (Å²) in [5.74, 6) is 0.124. The van der Waals surface area contributed by atoms with E-state index in [1.165, 1.54) is 5.56 Å². The van der Waals surface area contributed by atoms with Gasteiger partial charge in [0.1, 0.15) is 0 Å². The first-order valence-corrected chi connectivity index (χ1v) is 6.58. The van der Waals surface area contributed by atoms with E-state index in [4.69, 9.17) is 0 Å². The Labute approximate surface area is 108 Å². The first-order valence-electron chi connectivity index (χ1n) is 6.58. The monoisotopic (exact) mass is 247 g/mol. The molecule has 1 saturated heterocycles. The fraction of sp³-hybridized carbons (Fsp3) is 0.500. The molecule has 0 saturated carbocycles. The van der Waals surface area contributed by atoms with E-state index in [1.807, 2.05) is 18.2 Å². The molecule has 2 atom stereocenters. The molecular formula is C14H21N3O. The predicted octanol–water partition coefficient (Wildman–Crippen LogP) is 1.34. The van der Waals surface area contributed by atoms with Crippen LogP contribution in [-0.2, 0) is 11.2 Å². The molecule has 4 nitrogen and oxygen atoms in total. The summed E-state index contributed by atoms with van der Waals surface area (Å²) in [7, 11) is 0. The summed E-state index contributed by atoms with van der Waals surface area (Å²) in [6.45, 7) is 2.09. The topological polar surface area (TPSA) is 53.2 Å². The van der Waals surface area contributed by atoms with Gasteiger partial charge in [0, 0.05) is 12.5 Å². The number of hydrogen-bond acceptors (Lipinski definition) is 3. The Morgan fingerprint density at radius 2 is 2.11 bits per heavy atom. The zero-order valence-electron chi connectivity index (χ0n) is 10.8. The van der Waals surface area contributed by atoms with Crippen LogP contribution in [-0.4, -0.2) is 18.1 Å². The van der Waals surface area contributed by atoms with Gasteiger partial charge in [0.05, 0.1) is 6.17 Å². The summed E-state index contributed by atoms with van der Waals surface area (Å²) in [5, 5.41) is 2.98. The molecule has 98 valence electrons. The van der Waals surface area contributed by atoms with E-state index in [1.54, 1.807) is 0 Å². The van der Waals surface area contributed by atoms with Crippen LogP contribution in [0.4, 0.5) is 0 Å². The molecule has 1 aromatic carbocycles. The van der Waals surface area contributed by atoms with Gasteiger partial charge in [-0.05, 0) is 31.7 Å². The largest absolute Gasteiger partial charge is 0.340 e. The summed E-state index contributed by atoms with van der Waals surface area (Å²) < 4.78 is 0. The molecule has 0 aromatic heterocycles. The average Bonchev–Trinajstić information content (AvgIpc) is 2.76. The number of hydrazine groups is 1. The van der Waals surface area contributed by atoms with Crippen LogP contribution in [0.2, 0.25) is 0 Å². The number of amides is 1. The summed E-state index contributed by atoms with van der Waals surface area (Å²) in [6, 6.07) is 10.7. The van der Waals surface area contributed by atoms with Gasteiger partial charge < -0.3 is 5.32 Å². The molecule has 3 N–H and O–H groups in total. The second-order valence-electron chi connectivity index (χ2n) is 4.88. The highest BCUT2D eigenvalue weighted by atomic mass is 16.1. The third kappa shape index (κ3) is 4.13. The van der Waals surface area contributed by atoms with Gasteiger partial charge in [-0.25, -0.2) is 5.43 Å². The van der Waals surface area contributed by atoms with E-state index in [2.05, 4.69) is 35.2 Å². The summed E-state index contributed by atoms with van der Waals surface area (Å²) in [4.78, 5) is 11.7. The number of aryl methyl sites for hydroxylation is 1. The van der Waals surface area contributed by atoms with Crippen molar-refractivity contribution in [3.05, 3.63) is 35.9 Å². The summed E-state index contributed by atoms with van der Waals surface area (Å²) >= 11 is 0. The third-order valence-electron chi connectivity index (χ3n) is 3.14. The van der Waals surface area contributed by atoms with Crippen molar-refractivity contribution in [3.8, 4) is 0 Å². The van der Waals surface area contributed by atoms with Crippen LogP contribution < -0.4 is 16.2 Å². The number of carbonyl (C=O) groups excluding carboxylic acids is 1. The Morgan fingerprint density at radius 1 is 1.33 bits per heavy atom. The molecule has 1 aliphatic rings. The molecule has 0 spiro atoms. The van der Waals surface area contributed by atoms with Gasteiger partial charge in [-0.1, -0.05) is 30.3 Å². The number of hydrogen-bond donors (Lipinski definition) is 3. The zero-order valence-corrected chi connectivity index (χ0v) is 10.8. The van der Waals surface area contributed by atoms with Crippen LogP contribution in [0.3, 0.4) is 0 Å². The lowest BCUT2D eigenvalue weighted by atomic mass is 10.1. The van der Waals surface area contributed by atoms with E-state index >= 15 is 0 Å². The van der Waals surface area contributed by atoms with Crippen LogP contribution in [0.15, 0.2) is 30.3 Å². The molecule has 2 rings (SSSR count). The lowest BCUT2D eigenvalue weighted by Crippen LogP contribution is -2.44. The average molecular weight is 247 g/mol. The quantitative estimate of drug-likeness (QED) is 0.736. The SMILES string of the molecule is CC1CC(NC(=O)CCCc2ccccc2)NN1. The van der Waals surface area contributed by atoms with Crippen molar-refractivity contribution in [1.82, 2.24) is 16.2 Å². The maximum atomic E-state index is 11.7. The lowest BCUT2D eigenvalue weighted by Gasteiger charge is -2.11. The zero-order chi connectivity index (χ0) is 12.8. The maximum absolute atomic E-state index is 11.7. The van der Waals surface area contributed by atoms with Crippen molar-refractivity contribution in [1.29, 1.82) is 0 Å². The molecule has 2 unspecified atom stereocenters. The van der Waals surface area contributed by atoms with Gasteiger partial charge in [-0.3, -0.25) is 10.2 Å². The molecule has 1 aliphatic heterocycles. The normalized spacial score (nSPS) is 22.9. The molecule has 18 heavy (non-hydrogen) atoms. The molecule has 0 bridgehead atoms. The second kappa shape index (κ2) is 6.52. The highest BCUT2D eigenvalue weighted by Crippen LogP contribution is 2.05. The highest BCUT2D eigenvalue weighted by molar-refractivity contribution is 5.76. The highest BCUT2D eigenvalue weighted by Gasteiger charge is 2.20. The van der Waals surface area contributed by atoms with Crippen molar-refractivity contribution in [2.75, 3.05) is 0 Å². The number of nitrogens with one attached hydrogen (secondary N) is 3. The Bertz CT molecular complexity index is 380. The van der Waals surface area contributed by atoms with Gasteiger partial charge in [0.25, 0.3) is 0 Å². The van der Waals surface area contributed by atoms with Crippen molar-refractivity contribution in [3.63, 3.8) is 0 Å². The maximum Gasteiger partial charge on any atom is 0.221 e. The first-order chi connectivity index (χ1) is 8.74. The van der Waals surface area contributed by atoms with Crippen LogP contribution in [0.1, 0.15) is 31.7 Å². The van der Waals surface area contributed by atoms with Gasteiger partial charge in [0.15, 0.2) is 0 Å². The Hall–Kier alpha value is -1.39. The van der Waals surface area contributed by atoms with Crippen LogP contribution in [0.25, 0.3) is 0 Å². The Morgan fingerprint density at radius 3 is 2.78 bits per heavy atom. The van der Waals surface area contributed by atoms with Crippen molar-refractivity contribution < 1.29 is 4.79 Å². The fourth-order valence-electron chi connectivity index (χ4n) is 2.17. The number of rotatable bonds is 5. The molecule has 4 heteroatoms. The minimum atomic E-state index is 0.0734. The van der Waals surface area contributed by atoms with Crippen molar-refractivity contribution >= 4 is 5.91 Å². The molecular weight excluding hydrogens is 226 g/mol. The number of benzene rings is 1. The van der Waals surface area contributed by atoms with E-state index in [0.29, 0.717) is 12.5 Å². The van der Waals surface area contributed by atoms with Crippen LogP contribution in [0, 0.1) is 0 Å². The predicted molar refractivity (Wildman–Crippen MR) is 71.7 cm³/mol. The van der Waals surface area contributed by atoms with E-state index in [0.717, 1.165) is 19.3 Å². The minimum absolute atomic E-state index is 0.0734. The standard InChI is InChI=1S/C14H21N3O/c1-11-10-13(17-16-11)15-14(18)9-5-8-12-6-3-2-4-7-12/h2-4,6-7,11,13,16-17H,5,8-10H2,1H3,(H,15,18). The molecule has 1 fully saturated rings. The summed E-state index contributed by atoms with van der Waals surface area (Å²) in [5.41, 5.74) is 7.45. The van der Waals surface area contributed by atoms with Crippen molar-refractivity contribution in [2.45, 2.75) is 44.8 Å². The van der Waals surface area contributed by atoms with E-state index in [9.17, 15) is 4.79 Å². The third-order valence-corrected chi connectivity index (χ3v) is 3.14. The van der Waals surface area contributed by atoms with Crippen molar-refractivity contribution in [2.24, 2.45) is 0 Å². The molecule has 0 aliphatic carbocycles. The molecule has 1 amide bonds. The Kier molecular flexibility index (Phi) is 4.73. The second-order valence-corrected chi connectivity index (χ2v) is 4.88. The van der Waals surface area contributed by atoms with Gasteiger partial charge in [-0.2, -0.15) is 0 Å². The smallest absolute Gasteiger partial charge is 0.221 e. The Balaban J connectivity index is 1.63. The van der Waals surface area contributed by atoms with Crippen LogP contribution in [0.5, 0.6) is 0 Å². The molecule has 1 heterocycles. The molecule has 1 aromatic rings. The minimum Gasteiger partial charge on any atom is -0.340 e. The van der Waals surface area contributed by atoms with Crippen LogP contribution >= 0.6 is 0 Å². The van der Waals surface area contributed by atoms with E-state index in [-0.39, 0.29) is 12.1 Å². The van der Waals surface area contributed by atoms with Gasteiger partial charge in [-0.15, -0.1) is 0 Å². The molecule has 0 radical (unpaired) electrons. The number of carbonyl (C=O) groups is 1. The van der Waals surface area contributed by atoms with Gasteiger partial charge >= 0.3 is 0 Å². The lowest BCUT2D eigenvalue weighted by molar-refractivity contribution is -0.122.